The number of aliphatic imine (C=N–C) groups is 1. The summed E-state index contributed by atoms with van der Waals surface area (Å²) in [5, 5.41) is 17.9. The minimum atomic E-state index is -3.74. The summed E-state index contributed by atoms with van der Waals surface area (Å²) in [6.07, 6.45) is 1.32. The molecule has 1 aliphatic rings. The van der Waals surface area contributed by atoms with E-state index < -0.39 is 40.1 Å². The monoisotopic (exact) mass is 617 g/mol. The van der Waals surface area contributed by atoms with Gasteiger partial charge < -0.3 is 30.5 Å². The lowest BCUT2D eigenvalue weighted by Crippen LogP contribution is -2.42. The van der Waals surface area contributed by atoms with E-state index in [-0.39, 0.29) is 37.2 Å². The van der Waals surface area contributed by atoms with Crippen LogP contribution in [0.4, 0.5) is 16.2 Å². The number of amides is 3. The van der Waals surface area contributed by atoms with Crippen LogP contribution in [0.5, 0.6) is 5.75 Å². The first kappa shape index (κ1) is 33.3. The molecule has 0 spiro atoms. The summed E-state index contributed by atoms with van der Waals surface area (Å²) in [7, 11) is -2.27. The molecule has 5 N–H and O–H groups in total. The van der Waals surface area contributed by atoms with Crippen LogP contribution >= 0.6 is 0 Å². The number of nitrogens with zero attached hydrogens (tertiary/aromatic N) is 1. The molecule has 3 amide bonds. The number of hydrogen-bond donors (Lipinski definition) is 5. The molecule has 0 saturated heterocycles. The molecular weight excluding hydrogens is 578 g/mol. The van der Waals surface area contributed by atoms with Crippen LogP contribution in [0.3, 0.4) is 0 Å². The fraction of sp³-hybridized carbons (Fsp3) is 0.448. The number of methoxy groups -OCH3 is 1. The van der Waals surface area contributed by atoms with Crippen LogP contribution in [0, 0.1) is 12.8 Å². The Morgan fingerprint density at radius 3 is 2.44 bits per heavy atom. The lowest BCUT2D eigenvalue weighted by atomic mass is 10.0. The number of carboxylic acid groups (broad SMARTS) is 1. The molecule has 13 nitrogen and oxygen atoms in total. The molecule has 0 saturated carbocycles. The van der Waals surface area contributed by atoms with Gasteiger partial charge in [-0.3, -0.25) is 9.59 Å². The number of urea groups is 1. The fourth-order valence-electron chi connectivity index (χ4n) is 4.54. The van der Waals surface area contributed by atoms with Gasteiger partial charge in [-0.15, -0.1) is 0 Å². The van der Waals surface area contributed by atoms with E-state index in [4.69, 9.17) is 9.47 Å². The number of benzene rings is 2. The minimum absolute atomic E-state index is 0.0106. The van der Waals surface area contributed by atoms with Crippen LogP contribution in [-0.4, -0.2) is 75.4 Å². The summed E-state index contributed by atoms with van der Waals surface area (Å²) in [5.41, 5.74) is 2.67. The van der Waals surface area contributed by atoms with Crippen molar-refractivity contribution in [1.82, 2.24) is 10.0 Å². The summed E-state index contributed by atoms with van der Waals surface area (Å²) in [6, 6.07) is 9.48. The van der Waals surface area contributed by atoms with Gasteiger partial charge in [0.1, 0.15) is 24.4 Å². The Bertz CT molecular complexity index is 1460. The van der Waals surface area contributed by atoms with Crippen molar-refractivity contribution in [2.75, 3.05) is 30.6 Å². The van der Waals surface area contributed by atoms with E-state index in [1.54, 1.807) is 24.3 Å². The van der Waals surface area contributed by atoms with Crippen molar-refractivity contribution < 1.29 is 37.4 Å². The molecule has 0 fully saturated rings. The second-order valence-corrected chi connectivity index (χ2v) is 12.6. The number of rotatable bonds is 14. The summed E-state index contributed by atoms with van der Waals surface area (Å²) in [6.45, 7) is 5.92. The average Bonchev–Trinajstić information content (AvgIpc) is 3.37. The number of ether oxygens (including phenoxy) is 2. The van der Waals surface area contributed by atoms with Gasteiger partial charge in [-0.2, -0.15) is 0 Å². The molecule has 234 valence electrons. The summed E-state index contributed by atoms with van der Waals surface area (Å²) in [5.74, 6) is -0.795. The van der Waals surface area contributed by atoms with Crippen molar-refractivity contribution >= 4 is 45.2 Å². The number of hydrogen-bond acceptors (Lipinski definition) is 8. The largest absolute Gasteiger partial charge is 0.495 e. The summed E-state index contributed by atoms with van der Waals surface area (Å²) >= 11 is 0. The number of carboxylic acids is 1. The first-order valence-corrected chi connectivity index (χ1v) is 15.6. The van der Waals surface area contributed by atoms with E-state index in [9.17, 15) is 27.9 Å². The molecule has 1 heterocycles. The number of para-hydroxylation sites is 1. The van der Waals surface area contributed by atoms with Gasteiger partial charge in [0.15, 0.2) is 0 Å². The summed E-state index contributed by atoms with van der Waals surface area (Å²) < 4.78 is 36.4. The molecule has 0 bridgehead atoms. The van der Waals surface area contributed by atoms with Crippen molar-refractivity contribution in [3.05, 3.63) is 53.6 Å². The maximum atomic E-state index is 13.1. The normalized spacial score (nSPS) is 16.0. The molecule has 0 aliphatic carbocycles. The first-order chi connectivity index (χ1) is 20.2. The molecule has 3 unspecified atom stereocenters. The average molecular weight is 618 g/mol. The van der Waals surface area contributed by atoms with Gasteiger partial charge in [0, 0.05) is 12.1 Å². The number of carbonyl (C=O) groups excluding carboxylic acids is 2. The Balaban J connectivity index is 1.65. The van der Waals surface area contributed by atoms with Crippen molar-refractivity contribution in [2.24, 2.45) is 10.9 Å². The minimum Gasteiger partial charge on any atom is -0.495 e. The second kappa shape index (κ2) is 14.8. The number of aryl methyl sites for hydroxylation is 1. The lowest BCUT2D eigenvalue weighted by Gasteiger charge is -2.20. The third kappa shape index (κ3) is 10.6. The van der Waals surface area contributed by atoms with Crippen LogP contribution in [-0.2, 0) is 30.8 Å². The lowest BCUT2D eigenvalue weighted by molar-refractivity contribution is -0.139. The molecule has 14 heteroatoms. The van der Waals surface area contributed by atoms with Crippen molar-refractivity contribution in [2.45, 2.75) is 58.2 Å². The van der Waals surface area contributed by atoms with Gasteiger partial charge in [-0.25, -0.2) is 22.9 Å². The van der Waals surface area contributed by atoms with E-state index in [2.05, 4.69) is 25.7 Å². The third-order valence-corrected chi connectivity index (χ3v) is 7.22. The van der Waals surface area contributed by atoms with Crippen LogP contribution in [0.2, 0.25) is 0 Å². The van der Waals surface area contributed by atoms with E-state index >= 15 is 0 Å². The van der Waals surface area contributed by atoms with Gasteiger partial charge in [0.25, 0.3) is 0 Å². The van der Waals surface area contributed by atoms with E-state index in [0.29, 0.717) is 29.1 Å². The number of anilines is 2. The molecular formula is C29H39N5O8S. The smallest absolute Gasteiger partial charge is 0.323 e. The molecule has 1 aliphatic heterocycles. The van der Waals surface area contributed by atoms with Crippen LogP contribution in [0.15, 0.2) is 47.5 Å². The molecule has 2 aromatic rings. The predicted octanol–water partition coefficient (Wildman–Crippen LogP) is 2.91. The SMILES string of the molecule is COc1cc(CC(=O)NC(CC(C)C)C2=NC(CC(NS(C)(=O)=O)C(=O)O)CO2)ccc1NC(=O)Nc1ccccc1C. The van der Waals surface area contributed by atoms with Crippen molar-refractivity contribution in [3.8, 4) is 5.75 Å². The van der Waals surface area contributed by atoms with Crippen molar-refractivity contribution in [3.63, 3.8) is 0 Å². The zero-order chi connectivity index (χ0) is 31.7. The molecule has 0 radical (unpaired) electrons. The van der Waals surface area contributed by atoms with E-state index in [1.165, 1.54) is 7.11 Å². The first-order valence-electron chi connectivity index (χ1n) is 13.7. The molecule has 3 atom stereocenters. The topological polar surface area (TPSA) is 185 Å². The van der Waals surface area contributed by atoms with E-state index in [0.717, 1.165) is 11.8 Å². The van der Waals surface area contributed by atoms with Gasteiger partial charge in [-0.05, 0) is 48.6 Å². The zero-order valence-electron chi connectivity index (χ0n) is 24.8. The maximum Gasteiger partial charge on any atom is 0.323 e. The Kier molecular flexibility index (Phi) is 11.5. The number of nitrogens with one attached hydrogen (secondary N) is 4. The maximum absolute atomic E-state index is 13.1. The summed E-state index contributed by atoms with van der Waals surface area (Å²) in [4.78, 5) is 41.6. The molecule has 43 heavy (non-hydrogen) atoms. The highest BCUT2D eigenvalue weighted by molar-refractivity contribution is 7.88. The van der Waals surface area contributed by atoms with Gasteiger partial charge >= 0.3 is 12.0 Å². The van der Waals surface area contributed by atoms with E-state index in [1.807, 2.05) is 39.0 Å². The highest BCUT2D eigenvalue weighted by atomic mass is 32.2. The Morgan fingerprint density at radius 1 is 1.12 bits per heavy atom. The fourth-order valence-corrected chi connectivity index (χ4v) is 5.25. The Hall–Kier alpha value is -4.17. The molecule has 3 rings (SSSR count). The number of sulfonamides is 1. The van der Waals surface area contributed by atoms with Crippen LogP contribution < -0.4 is 25.4 Å². The van der Waals surface area contributed by atoms with Gasteiger partial charge in [0.2, 0.25) is 21.8 Å². The van der Waals surface area contributed by atoms with Gasteiger partial charge in [-0.1, -0.05) is 38.1 Å². The highest BCUT2D eigenvalue weighted by Gasteiger charge is 2.32. The molecule has 0 aromatic heterocycles. The van der Waals surface area contributed by atoms with Crippen LogP contribution in [0.25, 0.3) is 0 Å². The Labute approximate surface area is 251 Å². The Morgan fingerprint density at radius 2 is 1.81 bits per heavy atom. The van der Waals surface area contributed by atoms with Gasteiger partial charge in [0.05, 0.1) is 31.5 Å². The highest BCUT2D eigenvalue weighted by Crippen LogP contribution is 2.26. The van der Waals surface area contributed by atoms with Crippen LogP contribution in [0.1, 0.15) is 37.8 Å². The number of aliphatic carboxylic acids is 1. The zero-order valence-corrected chi connectivity index (χ0v) is 25.7. The second-order valence-electron chi connectivity index (χ2n) is 10.8. The number of carbonyl (C=O) groups is 3. The van der Waals surface area contributed by atoms with Crippen molar-refractivity contribution in [1.29, 1.82) is 0 Å². The quantitative estimate of drug-likeness (QED) is 0.214. The third-order valence-electron chi connectivity index (χ3n) is 6.51. The molecule has 2 aromatic carbocycles. The predicted molar refractivity (Wildman–Crippen MR) is 163 cm³/mol. The standard InChI is InChI=1S/C29H39N5O8S/c1-17(2)12-23(27-30-20(16-42-27)15-24(28(36)37)34-43(5,39)40)31-26(35)14-19-10-11-22(25(13-19)41-4)33-29(38)32-21-9-7-6-8-18(21)3/h6-11,13,17,20,23-24,34H,12,14-16H2,1-5H3,(H,31,35)(H,36,37)(H2,32,33,38).